The fourth-order valence-electron chi connectivity index (χ4n) is 7.19. The van der Waals surface area contributed by atoms with E-state index in [1.165, 1.54) is 6.08 Å². The molecule has 0 atom stereocenters. The third-order valence-electron chi connectivity index (χ3n) is 9.37. The van der Waals surface area contributed by atoms with Crippen molar-refractivity contribution in [3.63, 3.8) is 0 Å². The third kappa shape index (κ3) is 4.88. The van der Waals surface area contributed by atoms with Crippen LogP contribution in [0.5, 0.6) is 6.01 Å². The maximum absolute atomic E-state index is 16.6. The van der Waals surface area contributed by atoms with Crippen molar-refractivity contribution in [2.45, 2.75) is 31.2 Å². The quantitative estimate of drug-likeness (QED) is 0.239. The predicted molar refractivity (Wildman–Crippen MR) is 167 cm³/mol. The van der Waals surface area contributed by atoms with Gasteiger partial charge in [0, 0.05) is 54.8 Å². The van der Waals surface area contributed by atoms with Gasteiger partial charge in [-0.05, 0) is 56.3 Å². The second-order valence-electron chi connectivity index (χ2n) is 12.1. The summed E-state index contributed by atoms with van der Waals surface area (Å²) in [7, 11) is 1.92. The average Bonchev–Trinajstić information content (AvgIpc) is 3.58. The Morgan fingerprint density at radius 3 is 2.67 bits per heavy atom. The Balaban J connectivity index is 1.28. The molecule has 0 aliphatic carbocycles. The van der Waals surface area contributed by atoms with Gasteiger partial charge in [0.15, 0.2) is 5.82 Å². The van der Waals surface area contributed by atoms with Crippen LogP contribution in [0.15, 0.2) is 55.3 Å². The zero-order chi connectivity index (χ0) is 29.7. The van der Waals surface area contributed by atoms with Crippen molar-refractivity contribution >= 4 is 45.0 Å². The lowest BCUT2D eigenvalue weighted by Crippen LogP contribution is -2.53. The van der Waals surface area contributed by atoms with Crippen LogP contribution in [0.3, 0.4) is 0 Å². The minimum absolute atomic E-state index is 0.000880. The topological polar surface area (TPSA) is 74.7 Å². The van der Waals surface area contributed by atoms with Crippen molar-refractivity contribution in [2.75, 3.05) is 51.3 Å². The van der Waals surface area contributed by atoms with E-state index in [9.17, 15) is 4.79 Å². The summed E-state index contributed by atoms with van der Waals surface area (Å²) in [5, 5.41) is 2.68. The number of carbonyl (C=O) groups is 1. The summed E-state index contributed by atoms with van der Waals surface area (Å²) in [5.74, 6) is 0.193. The van der Waals surface area contributed by atoms with E-state index in [1.54, 1.807) is 17.2 Å². The van der Waals surface area contributed by atoms with E-state index in [4.69, 9.17) is 21.3 Å². The van der Waals surface area contributed by atoms with Crippen molar-refractivity contribution in [1.29, 1.82) is 0 Å². The molecule has 0 radical (unpaired) electrons. The zero-order valence-corrected chi connectivity index (χ0v) is 25.0. The van der Waals surface area contributed by atoms with Crippen LogP contribution in [0.25, 0.3) is 32.9 Å². The molecule has 0 N–H and O–H groups in total. The van der Waals surface area contributed by atoms with E-state index >= 15 is 4.39 Å². The fourth-order valence-corrected chi connectivity index (χ4v) is 7.47. The molecule has 0 spiro atoms. The molecule has 7 rings (SSSR count). The van der Waals surface area contributed by atoms with Crippen molar-refractivity contribution in [1.82, 2.24) is 24.8 Å². The number of amides is 1. The van der Waals surface area contributed by atoms with E-state index in [0.29, 0.717) is 48.0 Å². The van der Waals surface area contributed by atoms with Gasteiger partial charge in [-0.1, -0.05) is 48.5 Å². The molecule has 0 unspecified atom stereocenters. The summed E-state index contributed by atoms with van der Waals surface area (Å²) in [6.07, 6.45) is 7.45. The number of pyridine rings is 1. The van der Waals surface area contributed by atoms with Crippen molar-refractivity contribution < 1.29 is 13.9 Å². The lowest BCUT2D eigenvalue weighted by atomic mass is 9.95. The van der Waals surface area contributed by atoms with Crippen LogP contribution in [-0.2, 0) is 4.79 Å². The van der Waals surface area contributed by atoms with Crippen LogP contribution in [0.1, 0.15) is 25.7 Å². The number of aromatic nitrogens is 3. The molecule has 1 amide bonds. The van der Waals surface area contributed by atoms with Gasteiger partial charge in [0.2, 0.25) is 5.91 Å². The third-order valence-corrected chi connectivity index (χ3v) is 9.69. The lowest BCUT2D eigenvalue weighted by Gasteiger charge is -2.40. The van der Waals surface area contributed by atoms with Crippen molar-refractivity contribution in [3.8, 4) is 17.3 Å². The van der Waals surface area contributed by atoms with Crippen molar-refractivity contribution in [2.24, 2.45) is 5.92 Å². The average molecular weight is 601 g/mol. The molecule has 5 heterocycles. The Kier molecular flexibility index (Phi) is 7.18. The first-order valence-corrected chi connectivity index (χ1v) is 15.3. The van der Waals surface area contributed by atoms with Crippen molar-refractivity contribution in [3.05, 3.63) is 66.1 Å². The van der Waals surface area contributed by atoms with Gasteiger partial charge in [0.05, 0.1) is 10.9 Å². The van der Waals surface area contributed by atoms with Gasteiger partial charge >= 0.3 is 6.01 Å². The summed E-state index contributed by atoms with van der Waals surface area (Å²) in [5.41, 5.74) is 0.939. The number of rotatable bonds is 8. The van der Waals surface area contributed by atoms with E-state index < -0.39 is 5.82 Å². The molecule has 0 saturated carbocycles. The highest BCUT2D eigenvalue weighted by molar-refractivity contribution is 6.36. The molecular weight excluding hydrogens is 567 g/mol. The van der Waals surface area contributed by atoms with Crippen LogP contribution < -0.4 is 9.64 Å². The molecule has 4 aromatic rings. The highest BCUT2D eigenvalue weighted by atomic mass is 35.5. The second-order valence-corrected chi connectivity index (χ2v) is 12.5. The molecule has 3 aliphatic rings. The number of ether oxygens (including phenoxy) is 1. The number of benzene rings is 2. The van der Waals surface area contributed by atoms with Gasteiger partial charge in [-0.3, -0.25) is 14.7 Å². The summed E-state index contributed by atoms with van der Waals surface area (Å²) in [4.78, 5) is 32.3. The zero-order valence-electron chi connectivity index (χ0n) is 24.2. The number of hydrogen-bond acceptors (Lipinski definition) is 7. The van der Waals surface area contributed by atoms with Gasteiger partial charge < -0.3 is 14.5 Å². The van der Waals surface area contributed by atoms with E-state index in [2.05, 4.69) is 21.4 Å². The maximum atomic E-state index is 16.6. The number of anilines is 1. The van der Waals surface area contributed by atoms with Crippen LogP contribution >= 0.6 is 11.6 Å². The Bertz CT molecular complexity index is 1730. The van der Waals surface area contributed by atoms with Crippen LogP contribution in [0, 0.1) is 11.7 Å². The maximum Gasteiger partial charge on any atom is 0.319 e. The summed E-state index contributed by atoms with van der Waals surface area (Å²) in [6, 6.07) is 11.4. The first kappa shape index (κ1) is 28.0. The van der Waals surface area contributed by atoms with Gasteiger partial charge in [0.1, 0.15) is 23.6 Å². The van der Waals surface area contributed by atoms with E-state index in [-0.39, 0.29) is 34.6 Å². The second kappa shape index (κ2) is 11.0. The first-order valence-electron chi connectivity index (χ1n) is 14.9. The van der Waals surface area contributed by atoms with Crippen LogP contribution in [0.2, 0.25) is 5.02 Å². The Morgan fingerprint density at radius 1 is 1.19 bits per heavy atom. The lowest BCUT2D eigenvalue weighted by molar-refractivity contribution is -0.131. The predicted octanol–water partition coefficient (Wildman–Crippen LogP) is 5.73. The highest BCUT2D eigenvalue weighted by Gasteiger charge is 2.45. The largest absolute Gasteiger partial charge is 0.461 e. The molecule has 2 aromatic heterocycles. The SMILES string of the molecule is C=CC(=O)N1CC(CN(C)c2nc(OCC34CCCN3CCC4)nc3c(F)c(-c4cccc5cccc(Cl)c45)ncc23)C1. The molecule has 43 heavy (non-hydrogen) atoms. The molecule has 222 valence electrons. The Labute approximate surface area is 255 Å². The van der Waals surface area contributed by atoms with E-state index in [0.717, 1.165) is 49.5 Å². The summed E-state index contributed by atoms with van der Waals surface area (Å²) in [6.45, 7) is 8.13. The van der Waals surface area contributed by atoms with E-state index in [1.807, 2.05) is 42.3 Å². The molecule has 10 heteroatoms. The number of nitrogens with zero attached hydrogens (tertiary/aromatic N) is 6. The van der Waals surface area contributed by atoms with Gasteiger partial charge in [-0.25, -0.2) is 4.39 Å². The normalized spacial score (nSPS) is 18.2. The molecule has 8 nitrogen and oxygen atoms in total. The number of likely N-dealkylation sites (tertiary alicyclic amines) is 1. The molecule has 3 saturated heterocycles. The molecule has 0 bridgehead atoms. The first-order chi connectivity index (χ1) is 20.9. The minimum atomic E-state index is -0.542. The van der Waals surface area contributed by atoms with Gasteiger partial charge in [-0.15, -0.1) is 0 Å². The Hall–Kier alpha value is -3.82. The summed E-state index contributed by atoms with van der Waals surface area (Å²) < 4.78 is 22.9. The fraction of sp³-hybridized carbons (Fsp3) is 0.394. The summed E-state index contributed by atoms with van der Waals surface area (Å²) >= 11 is 6.59. The Morgan fingerprint density at radius 2 is 1.93 bits per heavy atom. The van der Waals surface area contributed by atoms with Gasteiger partial charge in [-0.2, -0.15) is 9.97 Å². The smallest absolute Gasteiger partial charge is 0.319 e. The van der Waals surface area contributed by atoms with Gasteiger partial charge in [0.25, 0.3) is 0 Å². The molecule has 3 fully saturated rings. The highest BCUT2D eigenvalue weighted by Crippen LogP contribution is 2.40. The number of carbonyl (C=O) groups excluding carboxylic acids is 1. The van der Waals surface area contributed by atoms with Crippen LogP contribution in [0.4, 0.5) is 10.2 Å². The molecule has 2 aromatic carbocycles. The number of fused-ring (bicyclic) bond motifs is 3. The number of hydrogen-bond donors (Lipinski definition) is 0. The number of halogens is 2. The standard InChI is InChI=1S/C33H34ClFN6O2/c1-3-26(42)40-18-21(19-40)17-39(2)31-24-16-36-29(23-10-4-8-22-9-5-11-25(34)27(22)23)28(35)30(24)37-32(38-31)43-20-33-12-6-14-41(33)15-7-13-33/h3-5,8-11,16,21H,1,6-7,12-15,17-20H2,2H3. The van der Waals surface area contributed by atoms with Crippen LogP contribution in [-0.4, -0.2) is 82.6 Å². The monoisotopic (exact) mass is 600 g/mol. The molecule has 3 aliphatic heterocycles. The molecular formula is C33H34ClFN6O2. The minimum Gasteiger partial charge on any atom is -0.461 e.